The van der Waals surface area contributed by atoms with Crippen molar-refractivity contribution in [3.8, 4) is 0 Å². The maximum absolute atomic E-state index is 11.7. The van der Waals surface area contributed by atoms with Gasteiger partial charge >= 0.3 is 12.0 Å². The zero-order valence-electron chi connectivity index (χ0n) is 10.8. The highest BCUT2D eigenvalue weighted by atomic mass is 35.5. The van der Waals surface area contributed by atoms with Crippen molar-refractivity contribution in [3.63, 3.8) is 0 Å². The fraction of sp³-hybridized carbons (Fsp3) is 0.154. The molecule has 1 aromatic carbocycles. The summed E-state index contributed by atoms with van der Waals surface area (Å²) in [6.07, 6.45) is 0.648. The first-order chi connectivity index (χ1) is 10.1. The number of amides is 2. The first kappa shape index (κ1) is 15.3. The van der Waals surface area contributed by atoms with Crippen LogP contribution in [0, 0.1) is 0 Å². The van der Waals surface area contributed by atoms with Crippen molar-refractivity contribution in [2.75, 3.05) is 11.9 Å². The van der Waals surface area contributed by atoms with Gasteiger partial charge in [0.1, 0.15) is 0 Å². The van der Waals surface area contributed by atoms with Crippen molar-refractivity contribution >= 4 is 40.6 Å². The van der Waals surface area contributed by atoms with E-state index in [1.54, 1.807) is 5.51 Å². The van der Waals surface area contributed by atoms with Crippen molar-refractivity contribution < 1.29 is 14.7 Å². The number of hydrogen-bond acceptors (Lipinski definition) is 4. The summed E-state index contributed by atoms with van der Waals surface area (Å²) in [5.41, 5.74) is 3.08. The number of benzene rings is 1. The van der Waals surface area contributed by atoms with Crippen LogP contribution in [0.2, 0.25) is 5.02 Å². The van der Waals surface area contributed by atoms with Crippen molar-refractivity contribution in [1.82, 2.24) is 10.3 Å². The summed E-state index contributed by atoms with van der Waals surface area (Å²) in [5.74, 6) is -1.11. The number of carbonyl (C=O) groups is 2. The number of anilines is 1. The summed E-state index contributed by atoms with van der Waals surface area (Å²) in [6.45, 7) is 0.455. The zero-order chi connectivity index (χ0) is 15.2. The van der Waals surface area contributed by atoms with E-state index in [1.165, 1.54) is 29.5 Å². The number of thiazole rings is 1. The van der Waals surface area contributed by atoms with Gasteiger partial charge in [0.15, 0.2) is 0 Å². The van der Waals surface area contributed by atoms with E-state index in [0.717, 1.165) is 5.69 Å². The highest BCUT2D eigenvalue weighted by Gasteiger charge is 2.10. The number of carbonyl (C=O) groups excluding carboxylic acids is 1. The molecule has 110 valence electrons. The molecule has 0 saturated heterocycles. The molecule has 0 saturated carbocycles. The highest BCUT2D eigenvalue weighted by molar-refractivity contribution is 7.07. The predicted molar refractivity (Wildman–Crippen MR) is 81.3 cm³/mol. The predicted octanol–water partition coefficient (Wildman–Crippen LogP) is 2.86. The molecule has 21 heavy (non-hydrogen) atoms. The molecule has 8 heteroatoms. The minimum absolute atomic E-state index is 0.00819. The Morgan fingerprint density at radius 1 is 1.38 bits per heavy atom. The molecule has 0 bridgehead atoms. The molecule has 2 aromatic rings. The molecular weight excluding hydrogens is 314 g/mol. The van der Waals surface area contributed by atoms with Crippen molar-refractivity contribution in [3.05, 3.63) is 45.4 Å². The van der Waals surface area contributed by atoms with Gasteiger partial charge in [-0.2, -0.15) is 0 Å². The lowest BCUT2D eigenvalue weighted by molar-refractivity contribution is 0.0697. The third-order valence-corrected chi connectivity index (χ3v) is 3.56. The van der Waals surface area contributed by atoms with E-state index in [0.29, 0.717) is 18.7 Å². The number of urea groups is 1. The van der Waals surface area contributed by atoms with Crippen LogP contribution in [0.25, 0.3) is 0 Å². The molecule has 0 aliphatic rings. The van der Waals surface area contributed by atoms with Crippen molar-refractivity contribution in [2.24, 2.45) is 0 Å². The van der Waals surface area contributed by atoms with E-state index in [9.17, 15) is 9.59 Å². The fourth-order valence-corrected chi connectivity index (χ4v) is 2.46. The van der Waals surface area contributed by atoms with Crippen LogP contribution in [0.15, 0.2) is 29.1 Å². The molecule has 0 fully saturated rings. The van der Waals surface area contributed by atoms with Crippen LogP contribution < -0.4 is 10.6 Å². The summed E-state index contributed by atoms with van der Waals surface area (Å²) >= 11 is 7.32. The molecule has 0 unspecified atom stereocenters. The lowest BCUT2D eigenvalue weighted by Gasteiger charge is -2.08. The zero-order valence-corrected chi connectivity index (χ0v) is 12.4. The summed E-state index contributed by atoms with van der Waals surface area (Å²) in [6, 6.07) is 3.83. The topological polar surface area (TPSA) is 91.3 Å². The lowest BCUT2D eigenvalue weighted by atomic mass is 10.2. The maximum Gasteiger partial charge on any atom is 0.337 e. The molecular formula is C13H12ClN3O3S. The number of hydrogen-bond donors (Lipinski definition) is 3. The second-order valence-electron chi connectivity index (χ2n) is 4.11. The smallest absolute Gasteiger partial charge is 0.337 e. The van der Waals surface area contributed by atoms with E-state index in [4.69, 9.17) is 16.7 Å². The van der Waals surface area contributed by atoms with Crippen LogP contribution >= 0.6 is 22.9 Å². The Balaban J connectivity index is 1.85. The molecule has 2 amide bonds. The molecule has 2 rings (SSSR count). The first-order valence-corrected chi connectivity index (χ1v) is 7.33. The number of aromatic carboxylic acids is 1. The minimum atomic E-state index is -1.11. The number of rotatable bonds is 5. The Bertz CT molecular complexity index is 646. The maximum atomic E-state index is 11.7. The van der Waals surface area contributed by atoms with Gasteiger partial charge in [-0.3, -0.25) is 0 Å². The quantitative estimate of drug-likeness (QED) is 0.788. The Kier molecular flexibility index (Phi) is 5.13. The molecule has 0 atom stereocenters. The molecule has 1 aromatic heterocycles. The second-order valence-corrected chi connectivity index (χ2v) is 5.24. The van der Waals surface area contributed by atoms with Crippen LogP contribution in [0.4, 0.5) is 10.5 Å². The van der Waals surface area contributed by atoms with Crippen LogP contribution in [0.1, 0.15) is 16.1 Å². The summed E-state index contributed by atoms with van der Waals surface area (Å²) in [5, 5.41) is 16.1. The molecule has 0 spiro atoms. The van der Waals surface area contributed by atoms with E-state index in [1.807, 2.05) is 5.38 Å². The van der Waals surface area contributed by atoms with Gasteiger partial charge in [-0.25, -0.2) is 14.6 Å². The van der Waals surface area contributed by atoms with E-state index >= 15 is 0 Å². The number of carboxylic acids is 1. The molecule has 1 heterocycles. The molecule has 0 aliphatic heterocycles. The second kappa shape index (κ2) is 7.05. The van der Waals surface area contributed by atoms with Gasteiger partial charge in [-0.15, -0.1) is 11.3 Å². The number of carboxylic acid groups (broad SMARTS) is 1. The third kappa shape index (κ3) is 4.44. The first-order valence-electron chi connectivity index (χ1n) is 6.01. The average molecular weight is 326 g/mol. The molecule has 6 nitrogen and oxygen atoms in total. The normalized spacial score (nSPS) is 10.1. The summed E-state index contributed by atoms with van der Waals surface area (Å²) < 4.78 is 0. The van der Waals surface area contributed by atoms with Crippen molar-refractivity contribution in [1.29, 1.82) is 0 Å². The van der Waals surface area contributed by atoms with Gasteiger partial charge in [0.05, 0.1) is 21.8 Å². The Morgan fingerprint density at radius 3 is 2.81 bits per heavy atom. The van der Waals surface area contributed by atoms with E-state index in [-0.39, 0.29) is 16.6 Å². The number of nitrogens with zero attached hydrogens (tertiary/aromatic N) is 1. The van der Waals surface area contributed by atoms with E-state index in [2.05, 4.69) is 15.6 Å². The largest absolute Gasteiger partial charge is 0.478 e. The van der Waals surface area contributed by atoms with Crippen LogP contribution in [-0.2, 0) is 6.42 Å². The Morgan fingerprint density at radius 2 is 2.19 bits per heavy atom. The molecule has 0 aliphatic carbocycles. The molecule has 3 N–H and O–H groups in total. The average Bonchev–Trinajstić information content (AvgIpc) is 2.91. The van der Waals surface area contributed by atoms with Crippen molar-refractivity contribution in [2.45, 2.75) is 6.42 Å². The highest BCUT2D eigenvalue weighted by Crippen LogP contribution is 2.20. The SMILES string of the molecule is O=C(NCCc1cscn1)Nc1ccc(C(=O)O)c(Cl)c1. The van der Waals surface area contributed by atoms with Gasteiger partial charge in [0, 0.05) is 24.0 Å². The minimum Gasteiger partial charge on any atom is -0.478 e. The summed E-state index contributed by atoms with van der Waals surface area (Å²) in [4.78, 5) is 26.6. The number of aromatic nitrogens is 1. The monoisotopic (exact) mass is 325 g/mol. The Hall–Kier alpha value is -2.12. The van der Waals surface area contributed by atoms with Gasteiger partial charge in [-0.1, -0.05) is 11.6 Å². The van der Waals surface area contributed by atoms with Gasteiger partial charge < -0.3 is 15.7 Å². The lowest BCUT2D eigenvalue weighted by Crippen LogP contribution is -2.30. The van der Waals surface area contributed by atoms with Crippen LogP contribution in [0.3, 0.4) is 0 Å². The van der Waals surface area contributed by atoms with E-state index < -0.39 is 5.97 Å². The Labute approximate surface area is 129 Å². The number of nitrogens with one attached hydrogen (secondary N) is 2. The third-order valence-electron chi connectivity index (χ3n) is 2.61. The molecule has 0 radical (unpaired) electrons. The van der Waals surface area contributed by atoms with Gasteiger partial charge in [-0.05, 0) is 18.2 Å². The fourth-order valence-electron chi connectivity index (χ4n) is 1.61. The van der Waals surface area contributed by atoms with Crippen LogP contribution in [-0.4, -0.2) is 28.6 Å². The van der Waals surface area contributed by atoms with Crippen LogP contribution in [0.5, 0.6) is 0 Å². The van der Waals surface area contributed by atoms with Gasteiger partial charge in [0.2, 0.25) is 0 Å². The van der Waals surface area contributed by atoms with Gasteiger partial charge in [0.25, 0.3) is 0 Å². The number of halogens is 1. The standard InChI is InChI=1S/C13H12ClN3O3S/c14-11-5-8(1-2-10(11)12(18)19)17-13(20)15-4-3-9-6-21-7-16-9/h1-2,5-7H,3-4H2,(H,18,19)(H2,15,17,20). The summed E-state index contributed by atoms with van der Waals surface area (Å²) in [7, 11) is 0.